The number of hydrogen-bond donors (Lipinski definition) is 1. The third-order valence-corrected chi connectivity index (χ3v) is 5.65. The highest BCUT2D eigenvalue weighted by Gasteiger charge is 2.19. The Morgan fingerprint density at radius 3 is 2.35 bits per heavy atom. The number of rotatable bonds is 7. The second kappa shape index (κ2) is 8.92. The van der Waals surface area contributed by atoms with Crippen LogP contribution in [0.4, 0.5) is 0 Å². The van der Waals surface area contributed by atoms with Gasteiger partial charge in [-0.05, 0) is 61.1 Å². The Morgan fingerprint density at radius 2 is 1.48 bits per heavy atom. The van der Waals surface area contributed by atoms with Gasteiger partial charge in [-0.2, -0.15) is 5.10 Å². The van der Waals surface area contributed by atoms with Crippen LogP contribution in [0.5, 0.6) is 0 Å². The summed E-state index contributed by atoms with van der Waals surface area (Å²) in [6, 6.07) is 27.0. The molecular formula is C27H24N4. The number of aromatic amines is 1. The maximum Gasteiger partial charge on any atom is 0.119 e. The molecule has 0 aliphatic rings. The Kier molecular flexibility index (Phi) is 5.52. The third-order valence-electron chi connectivity index (χ3n) is 5.65. The molecule has 0 bridgehead atoms. The Bertz CT molecular complexity index is 1270. The second-order valence-corrected chi connectivity index (χ2v) is 7.71. The average molecular weight is 405 g/mol. The molecule has 3 heterocycles. The van der Waals surface area contributed by atoms with Crippen LogP contribution in [0, 0.1) is 0 Å². The molecule has 4 nitrogen and oxygen atoms in total. The first kappa shape index (κ1) is 19.2. The fourth-order valence-electron chi connectivity index (χ4n) is 4.13. The highest BCUT2D eigenvalue weighted by molar-refractivity contribution is 5.98. The lowest BCUT2D eigenvalue weighted by molar-refractivity contribution is 0.721. The van der Waals surface area contributed by atoms with E-state index in [2.05, 4.69) is 69.7 Å². The number of hydrogen-bond acceptors (Lipinski definition) is 3. The molecule has 152 valence electrons. The van der Waals surface area contributed by atoms with Crippen molar-refractivity contribution in [1.82, 2.24) is 20.2 Å². The molecule has 4 heteroatoms. The second-order valence-electron chi connectivity index (χ2n) is 7.71. The molecule has 5 aromatic rings. The van der Waals surface area contributed by atoms with Gasteiger partial charge in [0.15, 0.2) is 0 Å². The van der Waals surface area contributed by atoms with Crippen LogP contribution in [0.15, 0.2) is 91.3 Å². The average Bonchev–Trinajstić information content (AvgIpc) is 3.26. The maximum atomic E-state index is 4.70. The third kappa shape index (κ3) is 4.10. The Hall–Kier alpha value is -3.79. The summed E-state index contributed by atoms with van der Waals surface area (Å²) < 4.78 is 0. The van der Waals surface area contributed by atoms with Crippen molar-refractivity contribution in [2.24, 2.45) is 0 Å². The molecule has 5 rings (SSSR count). The standard InChI is InChI=1S/C27H24N4/c1-2-10-20(11-3-1)12-4-6-15-24-26(27(31-30-24)25-16-8-9-18-28-25)22-17-19-29-23-14-7-5-13-21(22)23/h1-3,5,7-11,13-14,16-19H,4,6,12,15H2,(H,30,31). The van der Waals surface area contributed by atoms with Gasteiger partial charge in [0, 0.05) is 29.0 Å². The van der Waals surface area contributed by atoms with Gasteiger partial charge in [0.2, 0.25) is 0 Å². The molecule has 0 saturated carbocycles. The number of aryl methyl sites for hydroxylation is 2. The number of unbranched alkanes of at least 4 members (excludes halogenated alkanes) is 1. The van der Waals surface area contributed by atoms with Crippen LogP contribution < -0.4 is 0 Å². The van der Waals surface area contributed by atoms with Gasteiger partial charge in [-0.1, -0.05) is 54.6 Å². The van der Waals surface area contributed by atoms with E-state index in [0.717, 1.165) is 64.8 Å². The van der Waals surface area contributed by atoms with E-state index in [0.29, 0.717) is 0 Å². The van der Waals surface area contributed by atoms with E-state index in [1.54, 1.807) is 0 Å². The van der Waals surface area contributed by atoms with Crippen LogP contribution in [-0.4, -0.2) is 20.2 Å². The lowest BCUT2D eigenvalue weighted by Crippen LogP contribution is -1.94. The minimum absolute atomic E-state index is 0.880. The zero-order valence-electron chi connectivity index (χ0n) is 17.3. The van der Waals surface area contributed by atoms with Crippen molar-refractivity contribution < 1.29 is 0 Å². The summed E-state index contributed by atoms with van der Waals surface area (Å²) >= 11 is 0. The van der Waals surface area contributed by atoms with Gasteiger partial charge >= 0.3 is 0 Å². The molecular weight excluding hydrogens is 380 g/mol. The van der Waals surface area contributed by atoms with E-state index in [1.807, 2.05) is 36.7 Å². The van der Waals surface area contributed by atoms with Gasteiger partial charge in [-0.15, -0.1) is 0 Å². The smallest absolute Gasteiger partial charge is 0.119 e. The van der Waals surface area contributed by atoms with Crippen molar-refractivity contribution in [2.75, 3.05) is 0 Å². The van der Waals surface area contributed by atoms with Crippen LogP contribution in [0.2, 0.25) is 0 Å². The Morgan fingerprint density at radius 1 is 0.677 bits per heavy atom. The van der Waals surface area contributed by atoms with Gasteiger partial charge in [-0.3, -0.25) is 15.1 Å². The van der Waals surface area contributed by atoms with Gasteiger partial charge in [0.1, 0.15) is 5.69 Å². The van der Waals surface area contributed by atoms with Crippen molar-refractivity contribution in [2.45, 2.75) is 25.7 Å². The van der Waals surface area contributed by atoms with Crippen LogP contribution in [0.1, 0.15) is 24.1 Å². The molecule has 0 saturated heterocycles. The summed E-state index contributed by atoms with van der Waals surface area (Å²) in [5, 5.41) is 9.16. The number of benzene rings is 2. The van der Waals surface area contributed by atoms with Gasteiger partial charge < -0.3 is 0 Å². The number of fused-ring (bicyclic) bond motifs is 1. The van der Waals surface area contributed by atoms with Crippen LogP contribution in [0.3, 0.4) is 0 Å². The van der Waals surface area contributed by atoms with Gasteiger partial charge in [0.25, 0.3) is 0 Å². The summed E-state index contributed by atoms with van der Waals surface area (Å²) in [7, 11) is 0. The highest BCUT2D eigenvalue weighted by Crippen LogP contribution is 2.36. The van der Waals surface area contributed by atoms with E-state index >= 15 is 0 Å². The SMILES string of the molecule is c1ccc(CCCCc2[nH]nc(-c3ccccn3)c2-c2ccnc3ccccc23)cc1. The number of nitrogens with zero attached hydrogens (tertiary/aromatic N) is 3. The molecule has 0 atom stereocenters. The monoisotopic (exact) mass is 404 g/mol. The van der Waals surface area contributed by atoms with E-state index in [-0.39, 0.29) is 0 Å². The Balaban J connectivity index is 1.49. The molecule has 0 amide bonds. The molecule has 3 aromatic heterocycles. The minimum Gasteiger partial charge on any atom is -0.281 e. The quantitative estimate of drug-likeness (QED) is 0.326. The molecule has 0 aliphatic heterocycles. The normalized spacial score (nSPS) is 11.1. The van der Waals surface area contributed by atoms with E-state index in [4.69, 9.17) is 5.10 Å². The van der Waals surface area contributed by atoms with Crippen LogP contribution in [-0.2, 0) is 12.8 Å². The van der Waals surface area contributed by atoms with E-state index < -0.39 is 0 Å². The summed E-state index contributed by atoms with van der Waals surface area (Å²) in [6.45, 7) is 0. The summed E-state index contributed by atoms with van der Waals surface area (Å²) in [4.78, 5) is 9.11. The van der Waals surface area contributed by atoms with Crippen molar-refractivity contribution >= 4 is 10.9 Å². The maximum absolute atomic E-state index is 4.70. The molecule has 2 aromatic carbocycles. The fraction of sp³-hybridized carbons (Fsp3) is 0.148. The number of nitrogens with one attached hydrogen (secondary N) is 1. The topological polar surface area (TPSA) is 54.5 Å². The number of aromatic nitrogens is 4. The number of pyridine rings is 2. The predicted octanol–water partition coefficient (Wildman–Crippen LogP) is 6.25. The molecule has 31 heavy (non-hydrogen) atoms. The number of H-pyrrole nitrogens is 1. The first-order chi connectivity index (χ1) is 15.4. The minimum atomic E-state index is 0.880. The summed E-state index contributed by atoms with van der Waals surface area (Å²) in [6.07, 6.45) is 7.96. The van der Waals surface area contributed by atoms with Crippen molar-refractivity contribution in [3.8, 4) is 22.5 Å². The molecule has 0 spiro atoms. The number of para-hydroxylation sites is 1. The van der Waals surface area contributed by atoms with Gasteiger partial charge in [0.05, 0.1) is 11.2 Å². The first-order valence-electron chi connectivity index (χ1n) is 10.8. The van der Waals surface area contributed by atoms with E-state index in [1.165, 1.54) is 5.56 Å². The highest BCUT2D eigenvalue weighted by atomic mass is 15.1. The van der Waals surface area contributed by atoms with Crippen LogP contribution >= 0.6 is 0 Å². The molecule has 0 unspecified atom stereocenters. The zero-order chi connectivity index (χ0) is 20.9. The fourth-order valence-corrected chi connectivity index (χ4v) is 4.13. The summed E-state index contributed by atoms with van der Waals surface area (Å²) in [5.41, 5.74) is 7.60. The molecule has 1 N–H and O–H groups in total. The zero-order valence-corrected chi connectivity index (χ0v) is 17.3. The summed E-state index contributed by atoms with van der Waals surface area (Å²) in [5.74, 6) is 0. The molecule has 0 radical (unpaired) electrons. The Labute approximate surface area is 182 Å². The first-order valence-corrected chi connectivity index (χ1v) is 10.8. The molecule has 0 fully saturated rings. The molecule has 0 aliphatic carbocycles. The van der Waals surface area contributed by atoms with E-state index in [9.17, 15) is 0 Å². The van der Waals surface area contributed by atoms with Crippen molar-refractivity contribution in [3.05, 3.63) is 103 Å². The lowest BCUT2D eigenvalue weighted by atomic mass is 9.95. The van der Waals surface area contributed by atoms with Crippen molar-refractivity contribution in [3.63, 3.8) is 0 Å². The van der Waals surface area contributed by atoms with Crippen LogP contribution in [0.25, 0.3) is 33.4 Å². The lowest BCUT2D eigenvalue weighted by Gasteiger charge is -2.10. The van der Waals surface area contributed by atoms with Crippen molar-refractivity contribution in [1.29, 1.82) is 0 Å². The van der Waals surface area contributed by atoms with Gasteiger partial charge in [-0.25, -0.2) is 0 Å². The predicted molar refractivity (Wildman–Crippen MR) is 126 cm³/mol. The largest absolute Gasteiger partial charge is 0.281 e.